The first-order valence-electron chi connectivity index (χ1n) is 7.69. The number of carbonyl (C=O) groups excluding carboxylic acids is 2. The van der Waals surface area contributed by atoms with Crippen LogP contribution in [0.15, 0.2) is 18.2 Å². The fourth-order valence-corrected chi connectivity index (χ4v) is 3.69. The third-order valence-electron chi connectivity index (χ3n) is 4.09. The molecular formula is C18H18N2O3S. The van der Waals surface area contributed by atoms with E-state index >= 15 is 0 Å². The first-order valence-corrected chi connectivity index (χ1v) is 8.51. The molecule has 0 unspecified atom stereocenters. The van der Waals surface area contributed by atoms with Gasteiger partial charge >= 0.3 is 5.97 Å². The van der Waals surface area contributed by atoms with Gasteiger partial charge in [0.25, 0.3) is 0 Å². The Labute approximate surface area is 143 Å². The van der Waals surface area contributed by atoms with Gasteiger partial charge in [-0.3, -0.25) is 9.20 Å². The van der Waals surface area contributed by atoms with Crippen molar-refractivity contribution in [3.05, 3.63) is 45.6 Å². The number of rotatable bonds is 4. The molecule has 0 atom stereocenters. The summed E-state index contributed by atoms with van der Waals surface area (Å²) in [6, 6.07) is 6.00. The molecule has 0 N–H and O–H groups in total. The molecule has 0 fully saturated rings. The van der Waals surface area contributed by atoms with E-state index in [0.29, 0.717) is 33.5 Å². The number of benzene rings is 1. The van der Waals surface area contributed by atoms with E-state index in [9.17, 15) is 9.59 Å². The van der Waals surface area contributed by atoms with Crippen molar-refractivity contribution in [3.63, 3.8) is 0 Å². The molecule has 0 amide bonds. The van der Waals surface area contributed by atoms with Gasteiger partial charge in [0.05, 0.1) is 6.61 Å². The fourth-order valence-electron chi connectivity index (χ4n) is 2.67. The van der Waals surface area contributed by atoms with Gasteiger partial charge in [0.2, 0.25) is 0 Å². The first kappa shape index (κ1) is 16.4. The second-order valence-corrected chi connectivity index (χ2v) is 6.60. The molecular weight excluding hydrogens is 324 g/mol. The monoisotopic (exact) mass is 342 g/mol. The first-order chi connectivity index (χ1) is 11.5. The van der Waals surface area contributed by atoms with E-state index in [4.69, 9.17) is 4.74 Å². The normalized spacial score (nSPS) is 11.0. The number of hydrogen-bond acceptors (Lipinski definition) is 5. The summed E-state index contributed by atoms with van der Waals surface area (Å²) in [5.74, 6) is -0.380. The van der Waals surface area contributed by atoms with Gasteiger partial charge in [0.1, 0.15) is 16.3 Å². The maximum Gasteiger partial charge on any atom is 0.350 e. The minimum absolute atomic E-state index is 0.312. The summed E-state index contributed by atoms with van der Waals surface area (Å²) in [4.78, 5) is 29.4. The van der Waals surface area contributed by atoms with E-state index in [0.717, 1.165) is 17.4 Å². The lowest BCUT2D eigenvalue weighted by Crippen LogP contribution is -2.05. The Morgan fingerprint density at radius 3 is 2.67 bits per heavy atom. The Morgan fingerprint density at radius 2 is 2.04 bits per heavy atom. The molecule has 5 nitrogen and oxygen atoms in total. The number of aromatic nitrogens is 2. The number of imidazole rings is 1. The number of nitrogens with zero attached hydrogens (tertiary/aromatic N) is 2. The average molecular weight is 342 g/mol. The van der Waals surface area contributed by atoms with Crippen LogP contribution < -0.4 is 0 Å². The Balaban J connectivity index is 2.19. The highest BCUT2D eigenvalue weighted by Gasteiger charge is 2.23. The van der Waals surface area contributed by atoms with E-state index in [1.165, 1.54) is 16.9 Å². The number of aldehydes is 1. The Bertz CT molecular complexity index is 953. The van der Waals surface area contributed by atoms with E-state index in [2.05, 4.69) is 4.98 Å². The molecule has 0 saturated heterocycles. The largest absolute Gasteiger partial charge is 0.462 e. The quantitative estimate of drug-likeness (QED) is 0.531. The molecule has 0 saturated carbocycles. The number of thiazole rings is 1. The molecule has 0 bridgehead atoms. The highest BCUT2D eigenvalue weighted by molar-refractivity contribution is 7.19. The summed E-state index contributed by atoms with van der Waals surface area (Å²) < 4.78 is 6.80. The topological polar surface area (TPSA) is 60.7 Å². The minimum atomic E-state index is -0.380. The van der Waals surface area contributed by atoms with Crippen molar-refractivity contribution < 1.29 is 14.3 Å². The van der Waals surface area contributed by atoms with Crippen LogP contribution >= 0.6 is 11.3 Å². The maximum atomic E-state index is 12.0. The van der Waals surface area contributed by atoms with Crippen molar-refractivity contribution in [1.29, 1.82) is 0 Å². The van der Waals surface area contributed by atoms with Gasteiger partial charge < -0.3 is 4.74 Å². The zero-order valence-corrected chi connectivity index (χ0v) is 14.9. The summed E-state index contributed by atoms with van der Waals surface area (Å²) in [5.41, 5.74) is 5.00. The van der Waals surface area contributed by atoms with Gasteiger partial charge in [-0.2, -0.15) is 0 Å². The standard InChI is InChI=1S/C18H18N2O3S/c1-5-23-17(22)16-12(4)20-14(9-21)15(19-18(20)24-16)13-7-6-10(2)11(3)8-13/h6-9H,5H2,1-4H3. The van der Waals surface area contributed by atoms with Gasteiger partial charge in [-0.1, -0.05) is 23.5 Å². The molecule has 0 spiro atoms. The van der Waals surface area contributed by atoms with E-state index in [-0.39, 0.29) is 5.97 Å². The molecule has 3 aromatic rings. The Morgan fingerprint density at radius 1 is 1.29 bits per heavy atom. The number of fused-ring (bicyclic) bond motifs is 1. The number of ether oxygens (including phenoxy) is 1. The van der Waals surface area contributed by atoms with Crippen molar-refractivity contribution >= 4 is 28.6 Å². The molecule has 0 aliphatic rings. The van der Waals surface area contributed by atoms with Crippen molar-refractivity contribution in [2.24, 2.45) is 0 Å². The summed E-state index contributed by atoms with van der Waals surface area (Å²) in [6.07, 6.45) is 0.791. The van der Waals surface area contributed by atoms with E-state index < -0.39 is 0 Å². The van der Waals surface area contributed by atoms with Crippen LogP contribution in [0.4, 0.5) is 0 Å². The van der Waals surface area contributed by atoms with Crippen LogP contribution in [0.1, 0.15) is 43.9 Å². The molecule has 2 aromatic heterocycles. The molecule has 6 heteroatoms. The van der Waals surface area contributed by atoms with Crippen LogP contribution in [0.25, 0.3) is 16.2 Å². The molecule has 1 aromatic carbocycles. The third kappa shape index (κ3) is 2.53. The lowest BCUT2D eigenvalue weighted by atomic mass is 10.0. The van der Waals surface area contributed by atoms with E-state index in [1.807, 2.05) is 32.0 Å². The number of hydrogen-bond donors (Lipinski definition) is 0. The van der Waals surface area contributed by atoms with Crippen LogP contribution in [-0.2, 0) is 4.74 Å². The lowest BCUT2D eigenvalue weighted by Gasteiger charge is -2.04. The van der Waals surface area contributed by atoms with Gasteiger partial charge in [-0.25, -0.2) is 9.78 Å². The van der Waals surface area contributed by atoms with Crippen molar-refractivity contribution in [2.75, 3.05) is 6.61 Å². The second-order valence-electron chi connectivity index (χ2n) is 5.62. The number of carbonyl (C=O) groups is 2. The summed E-state index contributed by atoms with van der Waals surface area (Å²) in [6.45, 7) is 7.95. The Kier molecular flexibility index (Phi) is 4.24. The van der Waals surface area contributed by atoms with Crippen LogP contribution in [-0.4, -0.2) is 28.2 Å². The maximum absolute atomic E-state index is 12.0. The van der Waals surface area contributed by atoms with Gasteiger partial charge in [-0.15, -0.1) is 0 Å². The van der Waals surface area contributed by atoms with E-state index in [1.54, 1.807) is 18.2 Å². The summed E-state index contributed by atoms with van der Waals surface area (Å²) in [7, 11) is 0. The predicted octanol–water partition coefficient (Wildman–Crippen LogP) is 3.98. The van der Waals surface area contributed by atoms with Crippen LogP contribution in [0.3, 0.4) is 0 Å². The highest BCUT2D eigenvalue weighted by Crippen LogP contribution is 2.31. The Hall–Kier alpha value is -2.47. The number of aryl methyl sites for hydroxylation is 3. The van der Waals surface area contributed by atoms with Gasteiger partial charge in [0, 0.05) is 11.3 Å². The molecule has 2 heterocycles. The highest BCUT2D eigenvalue weighted by atomic mass is 32.1. The SMILES string of the molecule is CCOC(=O)c1sc2nc(-c3ccc(C)c(C)c3)c(C=O)n2c1C. The van der Waals surface area contributed by atoms with Gasteiger partial charge in [0.15, 0.2) is 11.2 Å². The minimum Gasteiger partial charge on any atom is -0.462 e. The van der Waals surface area contributed by atoms with Crippen molar-refractivity contribution in [1.82, 2.24) is 9.38 Å². The zero-order chi connectivity index (χ0) is 17.4. The smallest absolute Gasteiger partial charge is 0.350 e. The molecule has 0 aliphatic carbocycles. The van der Waals surface area contributed by atoms with Crippen molar-refractivity contribution in [2.45, 2.75) is 27.7 Å². The van der Waals surface area contributed by atoms with Crippen LogP contribution in [0, 0.1) is 20.8 Å². The van der Waals surface area contributed by atoms with Crippen LogP contribution in [0.2, 0.25) is 0 Å². The molecule has 0 aliphatic heterocycles. The zero-order valence-electron chi connectivity index (χ0n) is 14.0. The van der Waals surface area contributed by atoms with Crippen LogP contribution in [0.5, 0.6) is 0 Å². The number of esters is 1. The molecule has 124 valence electrons. The van der Waals surface area contributed by atoms with Crippen molar-refractivity contribution in [3.8, 4) is 11.3 Å². The third-order valence-corrected chi connectivity index (χ3v) is 5.22. The lowest BCUT2D eigenvalue weighted by molar-refractivity contribution is 0.0530. The van der Waals surface area contributed by atoms with Gasteiger partial charge in [-0.05, 0) is 44.9 Å². The summed E-state index contributed by atoms with van der Waals surface area (Å²) >= 11 is 1.24. The molecule has 24 heavy (non-hydrogen) atoms. The molecule has 0 radical (unpaired) electrons. The summed E-state index contributed by atoms with van der Waals surface area (Å²) in [5, 5.41) is 0. The predicted molar refractivity (Wildman–Crippen MR) is 94.1 cm³/mol. The molecule has 3 rings (SSSR count). The average Bonchev–Trinajstić information content (AvgIpc) is 3.07. The second kappa shape index (κ2) is 6.20. The fraction of sp³-hybridized carbons (Fsp3) is 0.278.